The number of aliphatic hydroxyl groups is 1. The smallest absolute Gasteiger partial charge is 0.311 e. The third-order valence-electron chi connectivity index (χ3n) is 8.60. The minimum Gasteiger partial charge on any atom is -0.465 e. The molecular formula is C31H40N2O5S. The van der Waals surface area contributed by atoms with Gasteiger partial charge in [-0.3, -0.25) is 14.4 Å². The number of fused-ring (bicyclic) bond motifs is 2. The highest BCUT2D eigenvalue weighted by atomic mass is 32.2. The number of anilines is 1. The predicted octanol–water partition coefficient (Wildman–Crippen LogP) is 4.19. The highest BCUT2D eigenvalue weighted by Crippen LogP contribution is 2.61. The average Bonchev–Trinajstić information content (AvgIpc) is 3.28. The first-order chi connectivity index (χ1) is 18.7. The number of allylic oxidation sites excluding steroid dienone is 1. The predicted molar refractivity (Wildman–Crippen MR) is 153 cm³/mol. The summed E-state index contributed by atoms with van der Waals surface area (Å²) in [7, 11) is 0. The fourth-order valence-electron chi connectivity index (χ4n) is 7.00. The van der Waals surface area contributed by atoms with E-state index in [4.69, 9.17) is 4.74 Å². The molecule has 7 nitrogen and oxygen atoms in total. The Morgan fingerprint density at radius 2 is 1.85 bits per heavy atom. The van der Waals surface area contributed by atoms with Crippen LogP contribution in [0.15, 0.2) is 42.5 Å². The van der Waals surface area contributed by atoms with Crippen LogP contribution < -0.4 is 4.90 Å². The van der Waals surface area contributed by atoms with Gasteiger partial charge in [-0.25, -0.2) is 0 Å². The molecule has 6 atom stereocenters. The summed E-state index contributed by atoms with van der Waals surface area (Å²) in [6.07, 6.45) is 11.3. The molecule has 4 aliphatic rings. The summed E-state index contributed by atoms with van der Waals surface area (Å²) in [5, 5.41) is 10.3. The molecule has 0 aliphatic carbocycles. The van der Waals surface area contributed by atoms with Gasteiger partial charge in [0, 0.05) is 17.5 Å². The van der Waals surface area contributed by atoms with Crippen molar-refractivity contribution in [3.05, 3.63) is 53.6 Å². The number of para-hydroxylation sites is 1. The average molecular weight is 553 g/mol. The maximum absolute atomic E-state index is 14.7. The third kappa shape index (κ3) is 4.73. The van der Waals surface area contributed by atoms with Gasteiger partial charge >= 0.3 is 5.97 Å². The number of likely N-dealkylation sites (tertiary alicyclic amines) is 1. The number of carbonyl (C=O) groups is 3. The molecule has 1 aromatic rings. The number of hydrogen-bond acceptors (Lipinski definition) is 6. The Hall–Kier alpha value is -2.58. The molecule has 1 N–H and O–H groups in total. The van der Waals surface area contributed by atoms with Crippen molar-refractivity contribution in [3.63, 3.8) is 0 Å². The fraction of sp³-hybridized carbons (Fsp3) is 0.581. The number of aliphatic hydroxyl groups excluding tert-OH is 1. The van der Waals surface area contributed by atoms with Crippen LogP contribution in [0.25, 0.3) is 0 Å². The van der Waals surface area contributed by atoms with Gasteiger partial charge < -0.3 is 19.6 Å². The SMILES string of the molecule is Cc1cccc(C)c1N1CC=C[C@]23S[C@H]4/C=C\CCCCOC(=O)[C@H]4[C@H]2C(=O)N([C@@H](CO)CC(C)C)C3C1=O. The van der Waals surface area contributed by atoms with E-state index in [0.29, 0.717) is 19.6 Å². The van der Waals surface area contributed by atoms with E-state index in [1.54, 1.807) is 21.6 Å². The number of ether oxygens (including phenoxy) is 1. The van der Waals surface area contributed by atoms with Crippen LogP contribution >= 0.6 is 11.8 Å². The lowest BCUT2D eigenvalue weighted by Gasteiger charge is -2.39. The Balaban J connectivity index is 1.66. The van der Waals surface area contributed by atoms with Crippen LogP contribution in [0.3, 0.4) is 0 Å². The van der Waals surface area contributed by atoms with Gasteiger partial charge in [-0.05, 0) is 56.6 Å². The van der Waals surface area contributed by atoms with Crippen molar-refractivity contribution in [3.8, 4) is 0 Å². The number of carbonyl (C=O) groups excluding carboxylic acids is 3. The minimum absolute atomic E-state index is 0.163. The number of aryl methyl sites for hydroxylation is 2. The maximum Gasteiger partial charge on any atom is 0.311 e. The van der Waals surface area contributed by atoms with E-state index in [2.05, 4.69) is 6.08 Å². The second-order valence-corrected chi connectivity index (χ2v) is 13.2. The van der Waals surface area contributed by atoms with Gasteiger partial charge in [-0.1, -0.05) is 56.4 Å². The Kier molecular flexibility index (Phi) is 7.98. The maximum atomic E-state index is 14.7. The molecule has 0 radical (unpaired) electrons. The first kappa shape index (κ1) is 28.0. The van der Waals surface area contributed by atoms with Crippen molar-refractivity contribution in [1.29, 1.82) is 0 Å². The Bertz CT molecular complexity index is 1180. The molecule has 2 amide bonds. The Morgan fingerprint density at radius 3 is 2.54 bits per heavy atom. The number of benzene rings is 1. The van der Waals surface area contributed by atoms with E-state index >= 15 is 0 Å². The second-order valence-electron chi connectivity index (χ2n) is 11.7. The van der Waals surface area contributed by atoms with Crippen molar-refractivity contribution in [2.45, 2.75) is 75.5 Å². The zero-order valence-corrected chi connectivity index (χ0v) is 24.2. The van der Waals surface area contributed by atoms with Gasteiger partial charge in [-0.15, -0.1) is 11.8 Å². The molecule has 5 rings (SSSR count). The Morgan fingerprint density at radius 1 is 1.10 bits per heavy atom. The lowest BCUT2D eigenvalue weighted by molar-refractivity contribution is -0.153. The molecule has 8 heteroatoms. The van der Waals surface area contributed by atoms with E-state index in [0.717, 1.165) is 36.1 Å². The van der Waals surface area contributed by atoms with Crippen LogP contribution in [-0.2, 0) is 19.1 Å². The molecule has 210 valence electrons. The molecule has 1 unspecified atom stereocenters. The molecule has 2 saturated heterocycles. The molecular weight excluding hydrogens is 512 g/mol. The largest absolute Gasteiger partial charge is 0.465 e. The number of hydrogen-bond donors (Lipinski definition) is 1. The topological polar surface area (TPSA) is 87.2 Å². The summed E-state index contributed by atoms with van der Waals surface area (Å²) < 4.78 is 4.77. The molecule has 4 aliphatic heterocycles. The normalized spacial score (nSPS) is 32.4. The first-order valence-electron chi connectivity index (χ1n) is 14.2. The number of esters is 1. The lowest BCUT2D eigenvalue weighted by Crippen LogP contribution is -2.57. The highest BCUT2D eigenvalue weighted by Gasteiger charge is 2.71. The molecule has 39 heavy (non-hydrogen) atoms. The number of amides is 2. The highest BCUT2D eigenvalue weighted by molar-refractivity contribution is 8.02. The van der Waals surface area contributed by atoms with E-state index in [1.165, 1.54) is 0 Å². The van der Waals surface area contributed by atoms with Crippen LogP contribution in [0, 0.1) is 31.6 Å². The fourth-order valence-corrected chi connectivity index (χ4v) is 8.99. The number of nitrogens with zero attached hydrogens (tertiary/aromatic N) is 2. The second kappa shape index (κ2) is 11.1. The van der Waals surface area contributed by atoms with Crippen LogP contribution in [0.2, 0.25) is 0 Å². The van der Waals surface area contributed by atoms with Crippen molar-refractivity contribution < 1.29 is 24.2 Å². The quantitative estimate of drug-likeness (QED) is 0.435. The molecule has 1 spiro atoms. The zero-order valence-electron chi connectivity index (χ0n) is 23.3. The third-order valence-corrected chi connectivity index (χ3v) is 10.3. The standard InChI is InChI=1S/C31H40N2O5S/c1-19(2)17-22(18-34)33-27-29(36)32(26-20(3)11-9-12-21(26)4)15-10-14-31(27)25(28(33)35)24-23(39-31)13-7-5-6-8-16-38-30(24)37/h7,9-14,19,22-25,27,34H,5-6,8,15-18H2,1-4H3/b13-7-/t22-,23+,24-,25+,27?,31+/m1/s1. The molecule has 2 fully saturated rings. The van der Waals surface area contributed by atoms with E-state index in [9.17, 15) is 19.5 Å². The summed E-state index contributed by atoms with van der Waals surface area (Å²) in [5.74, 6) is -1.98. The summed E-state index contributed by atoms with van der Waals surface area (Å²) in [6.45, 7) is 8.55. The minimum atomic E-state index is -0.934. The first-order valence-corrected chi connectivity index (χ1v) is 15.1. The van der Waals surface area contributed by atoms with E-state index in [-0.39, 0.29) is 35.6 Å². The van der Waals surface area contributed by atoms with E-state index in [1.807, 2.05) is 64.1 Å². The van der Waals surface area contributed by atoms with E-state index < -0.39 is 28.7 Å². The van der Waals surface area contributed by atoms with Crippen LogP contribution in [0.4, 0.5) is 5.69 Å². The van der Waals surface area contributed by atoms with Crippen LogP contribution in [0.5, 0.6) is 0 Å². The summed E-state index contributed by atoms with van der Waals surface area (Å²) in [5.41, 5.74) is 2.83. The number of thioether (sulfide) groups is 1. The van der Waals surface area contributed by atoms with Gasteiger partial charge in [0.15, 0.2) is 0 Å². The van der Waals surface area contributed by atoms with Crippen LogP contribution in [-0.4, -0.2) is 69.6 Å². The molecule has 0 bridgehead atoms. The molecule has 4 heterocycles. The molecule has 0 saturated carbocycles. The summed E-state index contributed by atoms with van der Waals surface area (Å²) in [6, 6.07) is 4.60. The van der Waals surface area contributed by atoms with Gasteiger partial charge in [0.1, 0.15) is 6.04 Å². The van der Waals surface area contributed by atoms with Gasteiger partial charge in [0.2, 0.25) is 5.91 Å². The van der Waals surface area contributed by atoms with Crippen molar-refractivity contribution in [2.24, 2.45) is 17.8 Å². The van der Waals surface area contributed by atoms with Crippen molar-refractivity contribution in [1.82, 2.24) is 4.90 Å². The number of rotatable bonds is 5. The van der Waals surface area contributed by atoms with Crippen molar-refractivity contribution >= 4 is 35.2 Å². The summed E-state index contributed by atoms with van der Waals surface area (Å²) >= 11 is 1.55. The van der Waals surface area contributed by atoms with Gasteiger partial charge in [0.25, 0.3) is 5.91 Å². The number of cyclic esters (lactones) is 1. The summed E-state index contributed by atoms with van der Waals surface area (Å²) in [4.78, 5) is 46.2. The van der Waals surface area contributed by atoms with Crippen LogP contribution in [0.1, 0.15) is 50.7 Å². The van der Waals surface area contributed by atoms with Gasteiger partial charge in [0.05, 0.1) is 35.8 Å². The van der Waals surface area contributed by atoms with Crippen molar-refractivity contribution in [2.75, 3.05) is 24.7 Å². The van der Waals surface area contributed by atoms with Gasteiger partial charge in [-0.2, -0.15) is 0 Å². The zero-order chi connectivity index (χ0) is 27.9. The molecule has 0 aromatic heterocycles. The Labute approximate surface area is 235 Å². The monoisotopic (exact) mass is 552 g/mol. The molecule has 1 aromatic carbocycles. The lowest BCUT2D eigenvalue weighted by atomic mass is 9.78.